The van der Waals surface area contributed by atoms with Crippen LogP contribution in [-0.2, 0) is 4.79 Å². The van der Waals surface area contributed by atoms with Crippen molar-refractivity contribution in [1.82, 2.24) is 20.5 Å². The third-order valence-electron chi connectivity index (χ3n) is 5.25. The highest BCUT2D eigenvalue weighted by Gasteiger charge is 2.20. The summed E-state index contributed by atoms with van der Waals surface area (Å²) in [6, 6.07) is 18.3. The van der Waals surface area contributed by atoms with Crippen molar-refractivity contribution >= 4 is 23.7 Å². The summed E-state index contributed by atoms with van der Waals surface area (Å²) in [6.07, 6.45) is 7.62. The summed E-state index contributed by atoms with van der Waals surface area (Å²) in [5.74, 6) is 0.640. The molecule has 1 aliphatic carbocycles. The van der Waals surface area contributed by atoms with E-state index in [2.05, 4.69) is 27.4 Å². The number of rotatable bonds is 6. The number of nitrogens with one attached hydrogen (secondary N) is 2. The highest BCUT2D eigenvalue weighted by atomic mass is 32.2. The first-order valence-corrected chi connectivity index (χ1v) is 11.2. The maximum absolute atomic E-state index is 13.1. The van der Waals surface area contributed by atoms with Crippen molar-refractivity contribution in [2.75, 3.05) is 0 Å². The molecule has 1 amide bonds. The molecule has 1 aromatic heterocycles. The van der Waals surface area contributed by atoms with Gasteiger partial charge in [0.05, 0.1) is 4.91 Å². The fourth-order valence-corrected chi connectivity index (χ4v) is 4.35. The van der Waals surface area contributed by atoms with E-state index in [1.165, 1.54) is 36.6 Å². The number of H-pyrrole nitrogens is 1. The van der Waals surface area contributed by atoms with E-state index in [1.807, 2.05) is 60.7 Å². The molecule has 0 unspecified atom stereocenters. The van der Waals surface area contributed by atoms with E-state index >= 15 is 0 Å². The van der Waals surface area contributed by atoms with Gasteiger partial charge in [-0.15, -0.1) is 5.10 Å². The maximum Gasteiger partial charge on any atom is 0.258 e. The number of hydrogen-bond acceptors (Lipinski definition) is 4. The third-order valence-corrected chi connectivity index (χ3v) is 6.14. The predicted octanol–water partition coefficient (Wildman–Crippen LogP) is 5.36. The lowest BCUT2D eigenvalue weighted by atomic mass is 9.95. The molecule has 4 rings (SSSR count). The first-order valence-electron chi connectivity index (χ1n) is 10.4. The number of thioether (sulfide) groups is 1. The van der Waals surface area contributed by atoms with Crippen LogP contribution in [0.25, 0.3) is 17.5 Å². The van der Waals surface area contributed by atoms with Crippen LogP contribution < -0.4 is 5.32 Å². The lowest BCUT2D eigenvalue weighted by Gasteiger charge is -2.23. The maximum atomic E-state index is 13.1. The van der Waals surface area contributed by atoms with E-state index in [0.29, 0.717) is 15.9 Å². The predicted molar refractivity (Wildman–Crippen MR) is 122 cm³/mol. The molecule has 0 atom stereocenters. The van der Waals surface area contributed by atoms with Crippen LogP contribution in [0.5, 0.6) is 0 Å². The van der Waals surface area contributed by atoms with Crippen molar-refractivity contribution < 1.29 is 4.79 Å². The second-order valence-corrected chi connectivity index (χ2v) is 8.67. The molecule has 0 spiro atoms. The standard InChI is InChI=1S/C24H26N4OS/c1-17-12-14-19(15-13-17)22-26-24(28-27-22)30-21(16-18-8-4-2-5-9-18)23(29)25-20-10-6-3-7-11-20/h2,4-5,8-9,12-16,20H,3,6-7,10-11H2,1H3,(H,25,29)(H,26,27,28)/b21-16+. The van der Waals surface area contributed by atoms with E-state index in [0.717, 1.165) is 24.0 Å². The fraction of sp³-hybridized carbons (Fsp3) is 0.292. The second kappa shape index (κ2) is 9.76. The quantitative estimate of drug-likeness (QED) is 0.417. The molecule has 0 bridgehead atoms. The number of benzene rings is 2. The van der Waals surface area contributed by atoms with Crippen LogP contribution in [0, 0.1) is 6.92 Å². The summed E-state index contributed by atoms with van der Waals surface area (Å²) in [7, 11) is 0. The van der Waals surface area contributed by atoms with E-state index in [9.17, 15) is 4.79 Å². The van der Waals surface area contributed by atoms with Crippen molar-refractivity contribution in [1.29, 1.82) is 0 Å². The molecule has 0 aliphatic heterocycles. The van der Waals surface area contributed by atoms with Crippen LogP contribution in [0.2, 0.25) is 0 Å². The van der Waals surface area contributed by atoms with Crippen molar-refractivity contribution in [3.63, 3.8) is 0 Å². The fourth-order valence-electron chi connectivity index (χ4n) is 3.58. The molecule has 1 heterocycles. The summed E-state index contributed by atoms with van der Waals surface area (Å²) in [6.45, 7) is 2.05. The van der Waals surface area contributed by atoms with E-state index in [4.69, 9.17) is 0 Å². The van der Waals surface area contributed by atoms with Gasteiger partial charge in [-0.05, 0) is 43.2 Å². The van der Waals surface area contributed by atoms with Crippen LogP contribution in [-0.4, -0.2) is 27.1 Å². The zero-order chi connectivity index (χ0) is 20.8. The summed E-state index contributed by atoms with van der Waals surface area (Å²) in [5, 5.41) is 11.1. The Bertz CT molecular complexity index is 1010. The molecule has 1 saturated carbocycles. The minimum atomic E-state index is -0.0579. The van der Waals surface area contributed by atoms with Gasteiger partial charge in [0, 0.05) is 11.6 Å². The van der Waals surface area contributed by atoms with E-state index in [1.54, 1.807) is 0 Å². The lowest BCUT2D eigenvalue weighted by molar-refractivity contribution is -0.117. The smallest absolute Gasteiger partial charge is 0.258 e. The first-order chi connectivity index (χ1) is 14.7. The lowest BCUT2D eigenvalue weighted by Crippen LogP contribution is -2.36. The molecule has 6 heteroatoms. The van der Waals surface area contributed by atoms with Crippen molar-refractivity contribution in [2.24, 2.45) is 0 Å². The number of carbonyl (C=O) groups is 1. The number of amides is 1. The zero-order valence-corrected chi connectivity index (χ0v) is 17.9. The van der Waals surface area contributed by atoms with Crippen molar-refractivity contribution in [3.8, 4) is 11.4 Å². The van der Waals surface area contributed by atoms with E-state index < -0.39 is 0 Å². The number of aromatic amines is 1. The summed E-state index contributed by atoms with van der Waals surface area (Å²) < 4.78 is 0. The van der Waals surface area contributed by atoms with Gasteiger partial charge in [0.25, 0.3) is 5.91 Å². The summed E-state index contributed by atoms with van der Waals surface area (Å²) in [5.41, 5.74) is 3.15. The van der Waals surface area contributed by atoms with Crippen LogP contribution in [0.4, 0.5) is 0 Å². The first kappa shape index (κ1) is 20.4. The molecule has 2 aromatic carbocycles. The minimum absolute atomic E-state index is 0.0579. The number of hydrogen-bond donors (Lipinski definition) is 2. The molecule has 2 N–H and O–H groups in total. The van der Waals surface area contributed by atoms with Crippen molar-refractivity contribution in [2.45, 2.75) is 50.2 Å². The Balaban J connectivity index is 1.54. The van der Waals surface area contributed by atoms with Gasteiger partial charge in [0.1, 0.15) is 0 Å². The number of aryl methyl sites for hydroxylation is 1. The van der Waals surface area contributed by atoms with Crippen LogP contribution in [0.15, 0.2) is 64.7 Å². The molecule has 5 nitrogen and oxygen atoms in total. The number of carbonyl (C=O) groups excluding carboxylic acids is 1. The molecule has 0 saturated heterocycles. The van der Waals surface area contributed by atoms with Gasteiger partial charge in [0.2, 0.25) is 5.16 Å². The molecule has 154 valence electrons. The zero-order valence-electron chi connectivity index (χ0n) is 17.1. The Morgan fingerprint density at radius 1 is 1.07 bits per heavy atom. The average Bonchev–Trinajstić information content (AvgIpc) is 3.24. The number of aromatic nitrogens is 3. The average molecular weight is 419 g/mol. The van der Waals surface area contributed by atoms with Gasteiger partial charge in [-0.25, -0.2) is 4.98 Å². The monoisotopic (exact) mass is 418 g/mol. The largest absolute Gasteiger partial charge is 0.349 e. The molecule has 0 radical (unpaired) electrons. The van der Waals surface area contributed by atoms with Crippen LogP contribution in [0.3, 0.4) is 0 Å². The highest BCUT2D eigenvalue weighted by Crippen LogP contribution is 2.28. The SMILES string of the molecule is Cc1ccc(-c2nc(S/C(=C/c3ccccc3)C(=O)NC3CCCCC3)n[nH]2)cc1. The Hall–Kier alpha value is -2.86. The molecule has 1 aliphatic rings. The molecule has 30 heavy (non-hydrogen) atoms. The Labute approximate surface area is 181 Å². The van der Waals surface area contributed by atoms with Gasteiger partial charge in [-0.2, -0.15) is 0 Å². The minimum Gasteiger partial charge on any atom is -0.349 e. The Morgan fingerprint density at radius 3 is 2.53 bits per heavy atom. The molecule has 3 aromatic rings. The second-order valence-electron chi connectivity index (χ2n) is 7.66. The molecular formula is C24H26N4OS. The highest BCUT2D eigenvalue weighted by molar-refractivity contribution is 8.04. The summed E-state index contributed by atoms with van der Waals surface area (Å²) >= 11 is 1.29. The van der Waals surface area contributed by atoms with Gasteiger partial charge < -0.3 is 5.32 Å². The Kier molecular flexibility index (Phi) is 6.64. The topological polar surface area (TPSA) is 70.7 Å². The van der Waals surface area contributed by atoms with Gasteiger partial charge >= 0.3 is 0 Å². The molecule has 1 fully saturated rings. The van der Waals surface area contributed by atoms with Gasteiger partial charge in [-0.3, -0.25) is 9.89 Å². The normalized spacial score (nSPS) is 15.2. The Morgan fingerprint density at radius 2 is 1.80 bits per heavy atom. The number of nitrogens with zero attached hydrogens (tertiary/aromatic N) is 2. The van der Waals surface area contributed by atoms with Crippen LogP contribution in [0.1, 0.15) is 43.2 Å². The molecular weight excluding hydrogens is 392 g/mol. The van der Waals surface area contributed by atoms with Crippen molar-refractivity contribution in [3.05, 3.63) is 70.6 Å². The van der Waals surface area contributed by atoms with Gasteiger partial charge in [-0.1, -0.05) is 79.4 Å². The third kappa shape index (κ3) is 5.39. The van der Waals surface area contributed by atoms with Gasteiger partial charge in [0.15, 0.2) is 5.82 Å². The van der Waals surface area contributed by atoms with E-state index in [-0.39, 0.29) is 11.9 Å². The summed E-state index contributed by atoms with van der Waals surface area (Å²) in [4.78, 5) is 18.3. The van der Waals surface area contributed by atoms with Crippen LogP contribution >= 0.6 is 11.8 Å².